The molecule has 0 fully saturated rings. The molecule has 2 aromatic carbocycles. The van der Waals surface area contributed by atoms with Crippen molar-refractivity contribution in [3.8, 4) is 5.75 Å². The monoisotopic (exact) mass is 283 g/mol. The van der Waals surface area contributed by atoms with Gasteiger partial charge in [0.1, 0.15) is 5.75 Å². The van der Waals surface area contributed by atoms with Crippen LogP contribution in [0.4, 0.5) is 5.69 Å². The summed E-state index contributed by atoms with van der Waals surface area (Å²) in [5.41, 5.74) is 4.09. The van der Waals surface area contributed by atoms with Crippen molar-refractivity contribution in [3.63, 3.8) is 0 Å². The Morgan fingerprint density at radius 1 is 1.10 bits per heavy atom. The van der Waals surface area contributed by atoms with Crippen LogP contribution >= 0.6 is 0 Å². The van der Waals surface area contributed by atoms with Crippen molar-refractivity contribution in [1.29, 1.82) is 0 Å². The second kappa shape index (κ2) is 6.00. The van der Waals surface area contributed by atoms with Crippen molar-refractivity contribution in [2.75, 3.05) is 5.32 Å². The number of hydrogen-bond acceptors (Lipinski definition) is 2. The molecular formula is C18H21NO2. The number of benzene rings is 2. The van der Waals surface area contributed by atoms with Crippen LogP contribution in [-0.4, -0.2) is 11.0 Å². The Morgan fingerprint density at radius 3 is 2.43 bits per heavy atom. The Hall–Kier alpha value is -2.29. The molecule has 0 unspecified atom stereocenters. The van der Waals surface area contributed by atoms with Gasteiger partial charge in [-0.25, -0.2) is 0 Å². The fourth-order valence-electron chi connectivity index (χ4n) is 2.39. The number of aryl methyl sites for hydroxylation is 1. The van der Waals surface area contributed by atoms with Gasteiger partial charge in [0, 0.05) is 16.8 Å². The zero-order valence-corrected chi connectivity index (χ0v) is 12.9. The summed E-state index contributed by atoms with van der Waals surface area (Å²) < 4.78 is 0. The van der Waals surface area contributed by atoms with Gasteiger partial charge in [-0.1, -0.05) is 38.1 Å². The highest BCUT2D eigenvalue weighted by atomic mass is 16.3. The quantitative estimate of drug-likeness (QED) is 0.878. The standard InChI is InChI=1S/C18H21NO2/c1-11(2)14-8-5-7-12(3)17(14)19-18(21)15-9-6-10-16(20)13(15)4/h5-11,20H,1-4H3,(H,19,21). The maximum atomic E-state index is 12.5. The third-order valence-electron chi connectivity index (χ3n) is 3.72. The summed E-state index contributed by atoms with van der Waals surface area (Å²) >= 11 is 0. The van der Waals surface area contributed by atoms with Gasteiger partial charge in [0.05, 0.1) is 0 Å². The van der Waals surface area contributed by atoms with Gasteiger partial charge in [-0.05, 0) is 43.0 Å². The van der Waals surface area contributed by atoms with E-state index in [1.54, 1.807) is 25.1 Å². The molecule has 0 saturated heterocycles. The molecule has 0 spiro atoms. The molecule has 0 saturated carbocycles. The maximum absolute atomic E-state index is 12.5. The van der Waals surface area contributed by atoms with E-state index >= 15 is 0 Å². The lowest BCUT2D eigenvalue weighted by atomic mass is 9.97. The number of aromatic hydroxyl groups is 1. The van der Waals surface area contributed by atoms with Gasteiger partial charge >= 0.3 is 0 Å². The van der Waals surface area contributed by atoms with Gasteiger partial charge < -0.3 is 10.4 Å². The number of carbonyl (C=O) groups excluding carboxylic acids is 1. The fraction of sp³-hybridized carbons (Fsp3) is 0.278. The molecule has 0 aliphatic heterocycles. The lowest BCUT2D eigenvalue weighted by Gasteiger charge is -2.17. The van der Waals surface area contributed by atoms with E-state index in [2.05, 4.69) is 19.2 Å². The number of para-hydroxylation sites is 1. The van der Waals surface area contributed by atoms with Crippen molar-refractivity contribution in [1.82, 2.24) is 0 Å². The van der Waals surface area contributed by atoms with Crippen molar-refractivity contribution >= 4 is 11.6 Å². The predicted octanol–water partition coefficient (Wildman–Crippen LogP) is 4.38. The normalized spacial score (nSPS) is 10.7. The van der Waals surface area contributed by atoms with Gasteiger partial charge in [0.15, 0.2) is 0 Å². The molecule has 0 aliphatic rings. The van der Waals surface area contributed by atoms with Gasteiger partial charge in [-0.3, -0.25) is 4.79 Å². The third-order valence-corrected chi connectivity index (χ3v) is 3.72. The van der Waals surface area contributed by atoms with E-state index in [9.17, 15) is 9.90 Å². The lowest BCUT2D eigenvalue weighted by molar-refractivity contribution is 0.102. The number of anilines is 1. The molecule has 2 N–H and O–H groups in total. The van der Waals surface area contributed by atoms with E-state index in [1.165, 1.54) is 0 Å². The van der Waals surface area contributed by atoms with E-state index < -0.39 is 0 Å². The number of nitrogens with one attached hydrogen (secondary N) is 1. The van der Waals surface area contributed by atoms with E-state index in [0.29, 0.717) is 17.0 Å². The number of hydrogen-bond donors (Lipinski definition) is 2. The lowest BCUT2D eigenvalue weighted by Crippen LogP contribution is -2.16. The number of phenolic OH excluding ortho intramolecular Hbond substituents is 1. The van der Waals surface area contributed by atoms with Gasteiger partial charge in [-0.15, -0.1) is 0 Å². The van der Waals surface area contributed by atoms with Crippen LogP contribution in [0.1, 0.15) is 46.8 Å². The second-order valence-corrected chi connectivity index (χ2v) is 5.60. The molecule has 0 aliphatic carbocycles. The molecule has 110 valence electrons. The fourth-order valence-corrected chi connectivity index (χ4v) is 2.39. The molecular weight excluding hydrogens is 262 g/mol. The maximum Gasteiger partial charge on any atom is 0.256 e. The van der Waals surface area contributed by atoms with Crippen LogP contribution in [0.15, 0.2) is 36.4 Å². The van der Waals surface area contributed by atoms with Crippen molar-refractivity contribution in [2.24, 2.45) is 0 Å². The Bertz CT molecular complexity index is 675. The Kier molecular flexibility index (Phi) is 4.32. The van der Waals surface area contributed by atoms with Crippen molar-refractivity contribution < 1.29 is 9.90 Å². The van der Waals surface area contributed by atoms with Crippen molar-refractivity contribution in [3.05, 3.63) is 58.7 Å². The van der Waals surface area contributed by atoms with Crippen molar-refractivity contribution in [2.45, 2.75) is 33.6 Å². The van der Waals surface area contributed by atoms with Gasteiger partial charge in [0.25, 0.3) is 5.91 Å². The molecule has 3 heteroatoms. The molecule has 3 nitrogen and oxygen atoms in total. The van der Waals surface area contributed by atoms with E-state index in [1.807, 2.05) is 25.1 Å². The highest BCUT2D eigenvalue weighted by Gasteiger charge is 2.15. The number of rotatable bonds is 3. The second-order valence-electron chi connectivity index (χ2n) is 5.60. The molecule has 0 atom stereocenters. The molecule has 2 rings (SSSR count). The van der Waals surface area contributed by atoms with Crippen LogP contribution in [0.5, 0.6) is 5.75 Å². The van der Waals surface area contributed by atoms with E-state index in [4.69, 9.17) is 0 Å². The summed E-state index contributed by atoms with van der Waals surface area (Å²) in [4.78, 5) is 12.5. The molecule has 2 aromatic rings. The largest absolute Gasteiger partial charge is 0.508 e. The first-order valence-electron chi connectivity index (χ1n) is 7.11. The Morgan fingerprint density at radius 2 is 1.76 bits per heavy atom. The Labute approximate surface area is 125 Å². The molecule has 0 bridgehead atoms. The third kappa shape index (κ3) is 3.07. The van der Waals surface area contributed by atoms with E-state index in [0.717, 1.165) is 16.8 Å². The summed E-state index contributed by atoms with van der Waals surface area (Å²) in [7, 11) is 0. The Balaban J connectivity index is 2.39. The number of carbonyl (C=O) groups is 1. The number of amides is 1. The molecule has 21 heavy (non-hydrogen) atoms. The minimum Gasteiger partial charge on any atom is -0.508 e. The zero-order chi connectivity index (χ0) is 15.6. The summed E-state index contributed by atoms with van der Waals surface area (Å²) in [6, 6.07) is 11.0. The molecule has 0 aromatic heterocycles. The minimum absolute atomic E-state index is 0.136. The molecule has 1 amide bonds. The average Bonchev–Trinajstić information content (AvgIpc) is 2.43. The first kappa shape index (κ1) is 15.1. The van der Waals surface area contributed by atoms with Crippen LogP contribution in [0.25, 0.3) is 0 Å². The van der Waals surface area contributed by atoms with Crippen LogP contribution < -0.4 is 5.32 Å². The van der Waals surface area contributed by atoms with Crippen LogP contribution in [0.2, 0.25) is 0 Å². The highest BCUT2D eigenvalue weighted by Crippen LogP contribution is 2.28. The SMILES string of the molecule is Cc1cccc(C(C)C)c1NC(=O)c1cccc(O)c1C. The first-order valence-corrected chi connectivity index (χ1v) is 7.11. The topological polar surface area (TPSA) is 49.3 Å². The summed E-state index contributed by atoms with van der Waals surface area (Å²) in [6.07, 6.45) is 0. The number of phenols is 1. The smallest absolute Gasteiger partial charge is 0.256 e. The summed E-state index contributed by atoms with van der Waals surface area (Å²) in [5.74, 6) is 0.265. The molecule has 0 radical (unpaired) electrons. The van der Waals surface area contributed by atoms with Crippen LogP contribution in [0.3, 0.4) is 0 Å². The van der Waals surface area contributed by atoms with Crippen LogP contribution in [0, 0.1) is 13.8 Å². The average molecular weight is 283 g/mol. The van der Waals surface area contributed by atoms with Crippen LogP contribution in [-0.2, 0) is 0 Å². The summed E-state index contributed by atoms with van der Waals surface area (Å²) in [5, 5.41) is 12.7. The van der Waals surface area contributed by atoms with Gasteiger partial charge in [-0.2, -0.15) is 0 Å². The zero-order valence-electron chi connectivity index (χ0n) is 12.9. The first-order chi connectivity index (χ1) is 9.91. The summed E-state index contributed by atoms with van der Waals surface area (Å²) in [6.45, 7) is 7.93. The van der Waals surface area contributed by atoms with Gasteiger partial charge in [0.2, 0.25) is 0 Å². The molecule has 0 heterocycles. The van der Waals surface area contributed by atoms with E-state index in [-0.39, 0.29) is 11.7 Å². The minimum atomic E-state index is -0.195. The highest BCUT2D eigenvalue weighted by molar-refractivity contribution is 6.06. The predicted molar refractivity (Wildman–Crippen MR) is 86.1 cm³/mol.